The lowest BCUT2D eigenvalue weighted by Gasteiger charge is -2.02. The van der Waals surface area contributed by atoms with Crippen molar-refractivity contribution in [3.05, 3.63) is 0 Å². The number of hydrogen-bond acceptors (Lipinski definition) is 1. The van der Waals surface area contributed by atoms with Crippen LogP contribution in [0.1, 0.15) is 46.0 Å². The Kier molecular flexibility index (Phi) is 6.47. The van der Waals surface area contributed by atoms with Gasteiger partial charge in [-0.3, -0.25) is 4.79 Å². The molecular formula is C11H18O. The molecular weight excluding hydrogens is 148 g/mol. The number of hydrogen-bond donors (Lipinski definition) is 0. The van der Waals surface area contributed by atoms with Gasteiger partial charge in [-0.15, -0.1) is 12.3 Å². The number of ketones is 1. The number of Topliss-reactive ketones (excluding diaryl/α,β-unsaturated/α-hetero) is 1. The summed E-state index contributed by atoms with van der Waals surface area (Å²) in [7, 11) is 0. The highest BCUT2D eigenvalue weighted by molar-refractivity contribution is 5.78. The van der Waals surface area contributed by atoms with Crippen LogP contribution in [0.5, 0.6) is 0 Å². The summed E-state index contributed by atoms with van der Waals surface area (Å²) in [4.78, 5) is 11.2. The van der Waals surface area contributed by atoms with Crippen LogP contribution in [0.25, 0.3) is 0 Å². The Hall–Kier alpha value is -0.770. The van der Waals surface area contributed by atoms with Crippen molar-refractivity contribution in [1.29, 1.82) is 0 Å². The lowest BCUT2D eigenvalue weighted by Crippen LogP contribution is -2.02. The normalized spacial score (nSPS) is 9.83. The molecule has 0 spiro atoms. The zero-order valence-electron chi connectivity index (χ0n) is 8.10. The summed E-state index contributed by atoms with van der Waals surface area (Å²) in [5.74, 6) is 3.44. The third-order valence-corrected chi connectivity index (χ3v) is 1.66. The molecule has 0 aromatic rings. The molecule has 0 aliphatic heterocycles. The van der Waals surface area contributed by atoms with Gasteiger partial charge in [0.05, 0.1) is 0 Å². The molecule has 0 fully saturated rings. The quantitative estimate of drug-likeness (QED) is 0.438. The van der Waals surface area contributed by atoms with Crippen molar-refractivity contribution in [2.75, 3.05) is 0 Å². The van der Waals surface area contributed by atoms with E-state index in [-0.39, 0.29) is 0 Å². The largest absolute Gasteiger partial charge is 0.300 e. The third-order valence-electron chi connectivity index (χ3n) is 1.66. The van der Waals surface area contributed by atoms with Crippen LogP contribution in [0.2, 0.25) is 0 Å². The number of carbonyl (C=O) groups is 1. The topological polar surface area (TPSA) is 17.1 Å². The van der Waals surface area contributed by atoms with Crippen LogP contribution in [0, 0.1) is 18.3 Å². The molecule has 0 radical (unpaired) electrons. The van der Waals surface area contributed by atoms with E-state index in [9.17, 15) is 4.79 Å². The van der Waals surface area contributed by atoms with Gasteiger partial charge in [0, 0.05) is 19.3 Å². The van der Waals surface area contributed by atoms with E-state index in [0.717, 1.165) is 25.7 Å². The Morgan fingerprint density at radius 3 is 2.58 bits per heavy atom. The van der Waals surface area contributed by atoms with Gasteiger partial charge in [0.1, 0.15) is 5.78 Å². The van der Waals surface area contributed by atoms with E-state index < -0.39 is 0 Å². The second-order valence-electron chi connectivity index (χ2n) is 3.55. The van der Waals surface area contributed by atoms with E-state index in [1.807, 2.05) is 0 Å². The molecule has 1 nitrogen and oxygen atoms in total. The van der Waals surface area contributed by atoms with Gasteiger partial charge < -0.3 is 0 Å². The molecule has 12 heavy (non-hydrogen) atoms. The first-order valence-electron chi connectivity index (χ1n) is 4.62. The SMILES string of the molecule is C#CCCCCC(=O)CC(C)C. The van der Waals surface area contributed by atoms with Crippen LogP contribution in [-0.2, 0) is 4.79 Å². The maximum Gasteiger partial charge on any atom is 0.133 e. The van der Waals surface area contributed by atoms with Crippen molar-refractivity contribution in [3.8, 4) is 12.3 Å². The monoisotopic (exact) mass is 166 g/mol. The minimum atomic E-state index is 0.377. The highest BCUT2D eigenvalue weighted by atomic mass is 16.1. The van der Waals surface area contributed by atoms with Gasteiger partial charge in [-0.1, -0.05) is 13.8 Å². The number of rotatable bonds is 6. The summed E-state index contributed by atoms with van der Waals surface area (Å²) in [6.45, 7) is 4.14. The van der Waals surface area contributed by atoms with Crippen molar-refractivity contribution >= 4 is 5.78 Å². The lowest BCUT2D eigenvalue weighted by molar-refractivity contribution is -0.119. The zero-order valence-corrected chi connectivity index (χ0v) is 8.10. The Balaban J connectivity index is 3.27. The second-order valence-corrected chi connectivity index (χ2v) is 3.55. The minimum absolute atomic E-state index is 0.377. The standard InChI is InChI=1S/C11H18O/c1-4-5-6-7-8-11(12)9-10(2)3/h1,10H,5-9H2,2-3H3. The first kappa shape index (κ1) is 11.2. The molecule has 0 unspecified atom stereocenters. The van der Waals surface area contributed by atoms with Crippen LogP contribution in [0.4, 0.5) is 0 Å². The lowest BCUT2D eigenvalue weighted by atomic mass is 10.0. The molecule has 0 heterocycles. The van der Waals surface area contributed by atoms with Gasteiger partial charge in [-0.25, -0.2) is 0 Å². The van der Waals surface area contributed by atoms with Crippen molar-refractivity contribution in [3.63, 3.8) is 0 Å². The maximum atomic E-state index is 11.2. The zero-order chi connectivity index (χ0) is 9.40. The van der Waals surface area contributed by atoms with Gasteiger partial charge in [0.25, 0.3) is 0 Å². The Bertz CT molecular complexity index is 162. The molecule has 0 bridgehead atoms. The smallest absolute Gasteiger partial charge is 0.133 e. The Morgan fingerprint density at radius 2 is 2.08 bits per heavy atom. The fourth-order valence-corrected chi connectivity index (χ4v) is 1.11. The van der Waals surface area contributed by atoms with Gasteiger partial charge in [-0.2, -0.15) is 0 Å². The molecule has 1 heteroatoms. The third kappa shape index (κ3) is 7.34. The molecule has 0 rings (SSSR count). The molecule has 0 aromatic carbocycles. The summed E-state index contributed by atoms with van der Waals surface area (Å²) in [5, 5.41) is 0. The van der Waals surface area contributed by atoms with Crippen LogP contribution in [0.3, 0.4) is 0 Å². The highest BCUT2D eigenvalue weighted by Crippen LogP contribution is 2.06. The average Bonchev–Trinajstić information content (AvgIpc) is 1.97. The van der Waals surface area contributed by atoms with Crippen molar-refractivity contribution in [2.45, 2.75) is 46.0 Å². The summed E-state index contributed by atoms with van der Waals surface area (Å²) in [6.07, 6.45) is 9.26. The molecule has 0 atom stereocenters. The van der Waals surface area contributed by atoms with Gasteiger partial charge in [-0.05, 0) is 18.8 Å². The van der Waals surface area contributed by atoms with E-state index in [1.165, 1.54) is 0 Å². The molecule has 0 saturated heterocycles. The minimum Gasteiger partial charge on any atom is -0.300 e. The van der Waals surface area contributed by atoms with Crippen molar-refractivity contribution < 1.29 is 4.79 Å². The molecule has 0 aliphatic rings. The number of unbranched alkanes of at least 4 members (excludes halogenated alkanes) is 2. The van der Waals surface area contributed by atoms with Gasteiger partial charge in [0.15, 0.2) is 0 Å². The first-order chi connectivity index (χ1) is 5.66. The second kappa shape index (κ2) is 6.91. The predicted octanol–water partition coefficient (Wildman–Crippen LogP) is 2.80. The van der Waals surface area contributed by atoms with E-state index in [1.54, 1.807) is 0 Å². The Morgan fingerprint density at radius 1 is 1.42 bits per heavy atom. The fourth-order valence-electron chi connectivity index (χ4n) is 1.11. The predicted molar refractivity (Wildman–Crippen MR) is 51.8 cm³/mol. The van der Waals surface area contributed by atoms with Gasteiger partial charge in [0.2, 0.25) is 0 Å². The average molecular weight is 166 g/mol. The fraction of sp³-hybridized carbons (Fsp3) is 0.727. The van der Waals surface area contributed by atoms with Gasteiger partial charge >= 0.3 is 0 Å². The maximum absolute atomic E-state index is 11.2. The van der Waals surface area contributed by atoms with Crippen molar-refractivity contribution in [2.24, 2.45) is 5.92 Å². The Labute approximate surface area is 75.5 Å². The van der Waals surface area contributed by atoms with Crippen LogP contribution >= 0.6 is 0 Å². The number of terminal acetylenes is 1. The van der Waals surface area contributed by atoms with E-state index in [2.05, 4.69) is 19.8 Å². The molecule has 0 saturated carbocycles. The molecule has 0 N–H and O–H groups in total. The molecule has 68 valence electrons. The number of carbonyl (C=O) groups excluding carboxylic acids is 1. The summed E-state index contributed by atoms with van der Waals surface area (Å²) in [5.41, 5.74) is 0. The highest BCUT2D eigenvalue weighted by Gasteiger charge is 2.03. The summed E-state index contributed by atoms with van der Waals surface area (Å²) in [6, 6.07) is 0. The van der Waals surface area contributed by atoms with Crippen LogP contribution in [0.15, 0.2) is 0 Å². The van der Waals surface area contributed by atoms with Crippen LogP contribution in [-0.4, -0.2) is 5.78 Å². The van der Waals surface area contributed by atoms with E-state index in [0.29, 0.717) is 18.1 Å². The summed E-state index contributed by atoms with van der Waals surface area (Å²) < 4.78 is 0. The van der Waals surface area contributed by atoms with E-state index >= 15 is 0 Å². The summed E-state index contributed by atoms with van der Waals surface area (Å²) >= 11 is 0. The first-order valence-corrected chi connectivity index (χ1v) is 4.62. The molecule has 0 aliphatic carbocycles. The van der Waals surface area contributed by atoms with Crippen molar-refractivity contribution in [1.82, 2.24) is 0 Å². The van der Waals surface area contributed by atoms with E-state index in [4.69, 9.17) is 6.42 Å². The molecule has 0 aromatic heterocycles. The molecule has 0 amide bonds. The van der Waals surface area contributed by atoms with Crippen LogP contribution < -0.4 is 0 Å².